The number of nitrogens with two attached hydrogens (primary N) is 1. The first-order valence-electron chi connectivity index (χ1n) is 10.8. The lowest BCUT2D eigenvalue weighted by Crippen LogP contribution is -2.28. The molecule has 1 aliphatic heterocycles. The molecule has 1 saturated heterocycles. The van der Waals surface area contributed by atoms with Crippen LogP contribution in [0.5, 0.6) is 5.75 Å². The summed E-state index contributed by atoms with van der Waals surface area (Å²) in [4.78, 5) is 9.59. The fourth-order valence-corrected chi connectivity index (χ4v) is 3.66. The van der Waals surface area contributed by atoms with Gasteiger partial charge < -0.3 is 30.2 Å². The molecule has 0 radical (unpaired) electrons. The van der Waals surface area contributed by atoms with Crippen LogP contribution in [-0.2, 0) is 4.74 Å². The van der Waals surface area contributed by atoms with Gasteiger partial charge in [0.15, 0.2) is 5.82 Å². The molecule has 1 aromatic carbocycles. The maximum Gasteiger partial charge on any atom is 0.162 e. The van der Waals surface area contributed by atoms with E-state index in [1.165, 1.54) is 0 Å². The van der Waals surface area contributed by atoms with Crippen LogP contribution in [0.15, 0.2) is 34.9 Å². The van der Waals surface area contributed by atoms with E-state index in [9.17, 15) is 5.11 Å². The molecule has 9 heteroatoms. The first-order chi connectivity index (χ1) is 15.5. The summed E-state index contributed by atoms with van der Waals surface area (Å²) in [5, 5.41) is 17.3. The molecule has 4 N–H and O–H groups in total. The Hall–Kier alpha value is -3.01. The van der Waals surface area contributed by atoms with Crippen LogP contribution in [0, 0.1) is 13.8 Å². The summed E-state index contributed by atoms with van der Waals surface area (Å²) in [6, 6.07) is 9.70. The SMILES string of the molecule is Cc1noc(C)c1-c1cc(NC2CCOCC2)nc(-c2cccc(OC[C@H](O)CN)c2)n1. The van der Waals surface area contributed by atoms with Crippen molar-refractivity contribution in [2.24, 2.45) is 5.73 Å². The molecular weight excluding hydrogens is 410 g/mol. The number of aromatic nitrogens is 3. The van der Waals surface area contributed by atoms with Gasteiger partial charge in [0.05, 0.1) is 17.0 Å². The topological polar surface area (TPSA) is 129 Å². The number of rotatable bonds is 8. The number of anilines is 1. The molecule has 1 fully saturated rings. The highest BCUT2D eigenvalue weighted by Gasteiger charge is 2.19. The molecule has 1 atom stereocenters. The van der Waals surface area contributed by atoms with E-state index in [4.69, 9.17) is 29.7 Å². The summed E-state index contributed by atoms with van der Waals surface area (Å²) in [7, 11) is 0. The Kier molecular flexibility index (Phi) is 6.99. The summed E-state index contributed by atoms with van der Waals surface area (Å²) in [6.07, 6.45) is 1.13. The number of aliphatic hydroxyl groups excluding tert-OH is 1. The van der Waals surface area contributed by atoms with Gasteiger partial charge >= 0.3 is 0 Å². The van der Waals surface area contributed by atoms with Crippen LogP contribution >= 0.6 is 0 Å². The number of nitrogens with zero attached hydrogens (tertiary/aromatic N) is 3. The fourth-order valence-electron chi connectivity index (χ4n) is 3.66. The second-order valence-electron chi connectivity index (χ2n) is 7.92. The summed E-state index contributed by atoms with van der Waals surface area (Å²) >= 11 is 0. The Morgan fingerprint density at radius 2 is 2.03 bits per heavy atom. The van der Waals surface area contributed by atoms with E-state index in [1.807, 2.05) is 44.2 Å². The number of nitrogens with one attached hydrogen (secondary N) is 1. The third-order valence-corrected chi connectivity index (χ3v) is 5.40. The molecule has 0 bridgehead atoms. The molecule has 0 aliphatic carbocycles. The van der Waals surface area contributed by atoms with Crippen LogP contribution in [0.4, 0.5) is 5.82 Å². The van der Waals surface area contributed by atoms with Gasteiger partial charge in [-0.25, -0.2) is 9.97 Å². The predicted molar refractivity (Wildman–Crippen MR) is 120 cm³/mol. The summed E-state index contributed by atoms with van der Waals surface area (Å²) in [6.45, 7) is 5.51. The second-order valence-corrected chi connectivity index (χ2v) is 7.92. The number of ether oxygens (including phenoxy) is 2. The summed E-state index contributed by atoms with van der Waals surface area (Å²) < 4.78 is 16.5. The van der Waals surface area contributed by atoms with Crippen molar-refractivity contribution in [3.05, 3.63) is 41.8 Å². The Balaban J connectivity index is 1.69. The van der Waals surface area contributed by atoms with Crippen LogP contribution in [0.2, 0.25) is 0 Å². The highest BCUT2D eigenvalue weighted by molar-refractivity contribution is 5.70. The third-order valence-electron chi connectivity index (χ3n) is 5.40. The molecule has 0 spiro atoms. The van der Waals surface area contributed by atoms with Crippen LogP contribution in [-0.4, -0.2) is 58.7 Å². The van der Waals surface area contributed by atoms with Gasteiger partial charge in [-0.05, 0) is 38.8 Å². The van der Waals surface area contributed by atoms with Gasteiger partial charge in [0.2, 0.25) is 0 Å². The van der Waals surface area contributed by atoms with Gasteiger partial charge in [-0.2, -0.15) is 0 Å². The van der Waals surface area contributed by atoms with E-state index in [-0.39, 0.29) is 19.2 Å². The molecule has 2 aromatic heterocycles. The average molecular weight is 440 g/mol. The number of hydrogen-bond donors (Lipinski definition) is 3. The average Bonchev–Trinajstić information content (AvgIpc) is 3.16. The molecule has 0 amide bonds. The Labute approximate surface area is 187 Å². The van der Waals surface area contributed by atoms with Gasteiger partial charge in [-0.1, -0.05) is 17.3 Å². The van der Waals surface area contributed by atoms with Crippen molar-refractivity contribution < 1.29 is 19.1 Å². The van der Waals surface area contributed by atoms with Crippen molar-refractivity contribution >= 4 is 5.82 Å². The van der Waals surface area contributed by atoms with Crippen molar-refractivity contribution in [2.45, 2.75) is 38.8 Å². The Morgan fingerprint density at radius 3 is 2.75 bits per heavy atom. The maximum absolute atomic E-state index is 9.69. The molecule has 9 nitrogen and oxygen atoms in total. The number of benzene rings is 1. The molecule has 3 heterocycles. The minimum Gasteiger partial charge on any atom is -0.491 e. The normalized spacial score (nSPS) is 15.5. The Bertz CT molecular complexity index is 1030. The van der Waals surface area contributed by atoms with E-state index in [2.05, 4.69) is 10.5 Å². The predicted octanol–water partition coefficient (Wildman–Crippen LogP) is 2.70. The van der Waals surface area contributed by atoms with Gasteiger partial charge in [-0.15, -0.1) is 0 Å². The highest BCUT2D eigenvalue weighted by atomic mass is 16.5. The van der Waals surface area contributed by atoms with Crippen LogP contribution < -0.4 is 15.8 Å². The number of hydrogen-bond acceptors (Lipinski definition) is 9. The molecule has 1 aliphatic rings. The van der Waals surface area contributed by atoms with Crippen LogP contribution in [0.25, 0.3) is 22.6 Å². The summed E-state index contributed by atoms with van der Waals surface area (Å²) in [5.41, 5.74) is 8.64. The van der Waals surface area contributed by atoms with Crippen molar-refractivity contribution in [1.82, 2.24) is 15.1 Å². The van der Waals surface area contributed by atoms with Crippen molar-refractivity contribution in [3.8, 4) is 28.4 Å². The van der Waals surface area contributed by atoms with E-state index >= 15 is 0 Å². The first kappa shape index (κ1) is 22.2. The van der Waals surface area contributed by atoms with Crippen molar-refractivity contribution in [1.29, 1.82) is 0 Å². The van der Waals surface area contributed by atoms with Gasteiger partial charge in [0.1, 0.15) is 30.0 Å². The van der Waals surface area contributed by atoms with Crippen molar-refractivity contribution in [2.75, 3.05) is 31.7 Å². The minimum absolute atomic E-state index is 0.122. The van der Waals surface area contributed by atoms with Crippen molar-refractivity contribution in [3.63, 3.8) is 0 Å². The lowest BCUT2D eigenvalue weighted by molar-refractivity contribution is 0.0904. The van der Waals surface area contributed by atoms with E-state index < -0.39 is 6.10 Å². The van der Waals surface area contributed by atoms with Gasteiger partial charge in [0.25, 0.3) is 0 Å². The Morgan fingerprint density at radius 1 is 1.22 bits per heavy atom. The lowest BCUT2D eigenvalue weighted by Gasteiger charge is -2.24. The number of aliphatic hydroxyl groups is 1. The zero-order valence-electron chi connectivity index (χ0n) is 18.4. The maximum atomic E-state index is 9.69. The van der Waals surface area contributed by atoms with Crippen LogP contribution in [0.1, 0.15) is 24.3 Å². The molecular formula is C23H29N5O4. The molecule has 0 unspecified atom stereocenters. The number of aryl methyl sites for hydroxylation is 2. The first-order valence-corrected chi connectivity index (χ1v) is 10.8. The van der Waals surface area contributed by atoms with E-state index in [0.29, 0.717) is 17.3 Å². The molecule has 170 valence electrons. The molecule has 32 heavy (non-hydrogen) atoms. The van der Waals surface area contributed by atoms with Gasteiger partial charge in [-0.3, -0.25) is 0 Å². The summed E-state index contributed by atoms with van der Waals surface area (Å²) in [5.74, 6) is 2.61. The lowest BCUT2D eigenvalue weighted by atomic mass is 10.1. The molecule has 3 aromatic rings. The molecule has 0 saturated carbocycles. The smallest absolute Gasteiger partial charge is 0.162 e. The van der Waals surface area contributed by atoms with Gasteiger partial charge in [0, 0.05) is 37.4 Å². The monoisotopic (exact) mass is 439 g/mol. The largest absolute Gasteiger partial charge is 0.491 e. The molecule has 4 rings (SSSR count). The zero-order chi connectivity index (χ0) is 22.5. The van der Waals surface area contributed by atoms with Crippen LogP contribution in [0.3, 0.4) is 0 Å². The van der Waals surface area contributed by atoms with E-state index in [0.717, 1.165) is 54.4 Å². The second kappa shape index (κ2) is 10.1. The highest BCUT2D eigenvalue weighted by Crippen LogP contribution is 2.30. The quantitative estimate of drug-likeness (QED) is 0.485. The third kappa shape index (κ3) is 5.24. The minimum atomic E-state index is -0.715. The fraction of sp³-hybridized carbons (Fsp3) is 0.435. The zero-order valence-corrected chi connectivity index (χ0v) is 18.4. The van der Waals surface area contributed by atoms with E-state index in [1.54, 1.807) is 0 Å². The standard InChI is InChI=1S/C23H29N5O4/c1-14-22(15(2)32-28-14)20-11-21(25-17-6-8-30-9-7-17)27-23(26-20)16-4-3-5-19(10-16)31-13-18(29)12-24/h3-5,10-11,17-18,29H,6-9,12-13,24H2,1-2H3,(H,25,26,27)/t18-/m1/s1.